The first-order chi connectivity index (χ1) is 13.5. The molecule has 0 spiro atoms. The maximum absolute atomic E-state index is 12.3. The zero-order chi connectivity index (χ0) is 19.9. The third-order valence-electron chi connectivity index (χ3n) is 4.43. The highest BCUT2D eigenvalue weighted by molar-refractivity contribution is 7.12. The molecule has 1 fully saturated rings. The van der Waals surface area contributed by atoms with Crippen molar-refractivity contribution in [2.24, 2.45) is 0 Å². The van der Waals surface area contributed by atoms with Crippen molar-refractivity contribution in [1.29, 1.82) is 0 Å². The number of hydrogen-bond donors (Lipinski definition) is 1. The lowest BCUT2D eigenvalue weighted by molar-refractivity contribution is -0.135. The van der Waals surface area contributed by atoms with Crippen LogP contribution in [0, 0.1) is 0 Å². The standard InChI is InChI=1S/C19H21Cl2N3O3S/c20-14-3-4-16(15(21)12-14)27-13-18(25)24-9-7-23(8-10-24)6-5-22-19(26)17-2-1-11-28-17/h1-4,11-12H,5-10,13H2,(H,22,26). The highest BCUT2D eigenvalue weighted by Gasteiger charge is 2.21. The van der Waals surface area contributed by atoms with Gasteiger partial charge in [0.15, 0.2) is 6.61 Å². The molecule has 3 rings (SSSR count). The molecule has 0 unspecified atom stereocenters. The predicted octanol–water partition coefficient (Wildman–Crippen LogP) is 3.01. The maximum atomic E-state index is 12.3. The predicted molar refractivity (Wildman–Crippen MR) is 112 cm³/mol. The molecule has 1 saturated heterocycles. The topological polar surface area (TPSA) is 61.9 Å². The molecule has 0 saturated carbocycles. The SMILES string of the molecule is O=C(NCCN1CCN(C(=O)COc2ccc(Cl)cc2Cl)CC1)c1cccs1. The minimum atomic E-state index is -0.0725. The minimum absolute atomic E-state index is 0.0400. The zero-order valence-corrected chi connectivity index (χ0v) is 17.5. The number of thiophene rings is 1. The normalized spacial score (nSPS) is 14.7. The van der Waals surface area contributed by atoms with Gasteiger partial charge < -0.3 is 15.0 Å². The number of amides is 2. The Hall–Kier alpha value is -1.80. The molecule has 1 aliphatic heterocycles. The van der Waals surface area contributed by atoms with E-state index in [1.807, 2.05) is 17.5 Å². The Morgan fingerprint density at radius 3 is 2.61 bits per heavy atom. The van der Waals surface area contributed by atoms with Crippen molar-refractivity contribution < 1.29 is 14.3 Å². The summed E-state index contributed by atoms with van der Waals surface area (Å²) in [7, 11) is 0. The van der Waals surface area contributed by atoms with Crippen molar-refractivity contribution in [3.05, 3.63) is 50.6 Å². The number of nitrogens with zero attached hydrogens (tertiary/aromatic N) is 2. The van der Waals surface area contributed by atoms with E-state index in [1.54, 1.807) is 23.1 Å². The first kappa shape index (κ1) is 20.9. The van der Waals surface area contributed by atoms with Crippen molar-refractivity contribution in [1.82, 2.24) is 15.1 Å². The van der Waals surface area contributed by atoms with Gasteiger partial charge in [-0.2, -0.15) is 0 Å². The van der Waals surface area contributed by atoms with E-state index in [1.165, 1.54) is 11.3 Å². The van der Waals surface area contributed by atoms with Gasteiger partial charge in [-0.3, -0.25) is 14.5 Å². The third kappa shape index (κ3) is 5.85. The average molecular weight is 442 g/mol. The van der Waals surface area contributed by atoms with E-state index >= 15 is 0 Å². The highest BCUT2D eigenvalue weighted by atomic mass is 35.5. The number of ether oxygens (including phenoxy) is 1. The van der Waals surface area contributed by atoms with Gasteiger partial charge in [0.05, 0.1) is 9.90 Å². The summed E-state index contributed by atoms with van der Waals surface area (Å²) in [4.78, 5) is 29.0. The summed E-state index contributed by atoms with van der Waals surface area (Å²) in [6, 6.07) is 8.58. The van der Waals surface area contributed by atoms with Gasteiger partial charge in [0.1, 0.15) is 5.75 Å². The van der Waals surface area contributed by atoms with Gasteiger partial charge in [-0.1, -0.05) is 29.3 Å². The van der Waals surface area contributed by atoms with E-state index in [9.17, 15) is 9.59 Å². The van der Waals surface area contributed by atoms with Crippen LogP contribution >= 0.6 is 34.5 Å². The van der Waals surface area contributed by atoms with Crippen LogP contribution in [0.15, 0.2) is 35.7 Å². The van der Waals surface area contributed by atoms with Gasteiger partial charge in [0.25, 0.3) is 11.8 Å². The molecule has 9 heteroatoms. The summed E-state index contributed by atoms with van der Waals surface area (Å²) in [5, 5.41) is 5.71. The van der Waals surface area contributed by atoms with Crippen LogP contribution < -0.4 is 10.1 Å². The summed E-state index contributed by atoms with van der Waals surface area (Å²) in [6.45, 7) is 4.09. The third-order valence-corrected chi connectivity index (χ3v) is 5.83. The second-order valence-electron chi connectivity index (χ2n) is 6.32. The van der Waals surface area contributed by atoms with Gasteiger partial charge in [-0.05, 0) is 29.6 Å². The van der Waals surface area contributed by atoms with Gasteiger partial charge in [-0.15, -0.1) is 11.3 Å². The number of carbonyl (C=O) groups excluding carboxylic acids is 2. The number of rotatable bonds is 7. The quantitative estimate of drug-likeness (QED) is 0.716. The number of nitrogens with one attached hydrogen (secondary N) is 1. The van der Waals surface area contributed by atoms with Gasteiger partial charge >= 0.3 is 0 Å². The molecule has 1 aliphatic rings. The molecular formula is C19H21Cl2N3O3S. The molecule has 2 amide bonds. The number of halogens is 2. The summed E-state index contributed by atoms with van der Waals surface area (Å²) < 4.78 is 5.52. The summed E-state index contributed by atoms with van der Waals surface area (Å²) >= 11 is 13.3. The van der Waals surface area contributed by atoms with Crippen LogP contribution in [-0.2, 0) is 4.79 Å². The Kier molecular flexibility index (Phi) is 7.56. The van der Waals surface area contributed by atoms with Crippen molar-refractivity contribution in [3.8, 4) is 5.75 Å². The molecule has 0 radical (unpaired) electrons. The molecule has 150 valence electrons. The monoisotopic (exact) mass is 441 g/mol. The molecule has 1 aromatic heterocycles. The summed E-state index contributed by atoms with van der Waals surface area (Å²) in [5.74, 6) is 0.332. The second kappa shape index (κ2) is 10.1. The van der Waals surface area contributed by atoms with Crippen LogP contribution in [0.4, 0.5) is 0 Å². The Balaban J connectivity index is 1.35. The molecule has 2 aromatic rings. The van der Waals surface area contributed by atoms with E-state index in [2.05, 4.69) is 10.2 Å². The highest BCUT2D eigenvalue weighted by Crippen LogP contribution is 2.27. The number of piperazine rings is 1. The number of benzene rings is 1. The van der Waals surface area contributed by atoms with Crippen LogP contribution in [-0.4, -0.2) is 67.5 Å². The average Bonchev–Trinajstić information content (AvgIpc) is 3.22. The van der Waals surface area contributed by atoms with E-state index < -0.39 is 0 Å². The molecular weight excluding hydrogens is 421 g/mol. The lowest BCUT2D eigenvalue weighted by Crippen LogP contribution is -2.51. The van der Waals surface area contributed by atoms with Crippen molar-refractivity contribution in [3.63, 3.8) is 0 Å². The minimum Gasteiger partial charge on any atom is -0.482 e. The van der Waals surface area contributed by atoms with E-state index in [0.717, 1.165) is 24.5 Å². The molecule has 0 aliphatic carbocycles. The molecule has 6 nitrogen and oxygen atoms in total. The Morgan fingerprint density at radius 2 is 1.93 bits per heavy atom. The van der Waals surface area contributed by atoms with E-state index in [-0.39, 0.29) is 18.4 Å². The van der Waals surface area contributed by atoms with Crippen LogP contribution in [0.25, 0.3) is 0 Å². The van der Waals surface area contributed by atoms with Crippen LogP contribution in [0.2, 0.25) is 10.0 Å². The van der Waals surface area contributed by atoms with E-state index in [4.69, 9.17) is 27.9 Å². The smallest absolute Gasteiger partial charge is 0.261 e. The fraction of sp³-hybridized carbons (Fsp3) is 0.368. The first-order valence-corrected chi connectivity index (χ1v) is 10.6. The largest absolute Gasteiger partial charge is 0.482 e. The lowest BCUT2D eigenvalue weighted by Gasteiger charge is -2.34. The Labute approximate surface area is 178 Å². The molecule has 1 N–H and O–H groups in total. The Bertz CT molecular complexity index is 809. The fourth-order valence-electron chi connectivity index (χ4n) is 2.87. The van der Waals surface area contributed by atoms with Crippen molar-refractivity contribution in [2.45, 2.75) is 0 Å². The maximum Gasteiger partial charge on any atom is 0.261 e. The summed E-state index contributed by atoms with van der Waals surface area (Å²) in [6.07, 6.45) is 0. The van der Waals surface area contributed by atoms with Gasteiger partial charge in [-0.25, -0.2) is 0 Å². The molecule has 0 atom stereocenters. The fourth-order valence-corrected chi connectivity index (χ4v) is 3.97. The van der Waals surface area contributed by atoms with Crippen molar-refractivity contribution in [2.75, 3.05) is 45.9 Å². The molecule has 1 aromatic carbocycles. The van der Waals surface area contributed by atoms with Gasteiger partial charge in [0, 0.05) is 44.3 Å². The van der Waals surface area contributed by atoms with Crippen LogP contribution in [0.5, 0.6) is 5.75 Å². The molecule has 28 heavy (non-hydrogen) atoms. The number of hydrogen-bond acceptors (Lipinski definition) is 5. The number of carbonyl (C=O) groups is 2. The van der Waals surface area contributed by atoms with Crippen LogP contribution in [0.1, 0.15) is 9.67 Å². The first-order valence-electron chi connectivity index (χ1n) is 8.92. The molecule has 0 bridgehead atoms. The van der Waals surface area contributed by atoms with E-state index in [0.29, 0.717) is 35.4 Å². The Morgan fingerprint density at radius 1 is 1.14 bits per heavy atom. The second-order valence-corrected chi connectivity index (χ2v) is 8.11. The van der Waals surface area contributed by atoms with Crippen LogP contribution in [0.3, 0.4) is 0 Å². The zero-order valence-electron chi connectivity index (χ0n) is 15.2. The van der Waals surface area contributed by atoms with Gasteiger partial charge in [0.2, 0.25) is 0 Å². The van der Waals surface area contributed by atoms with Crippen molar-refractivity contribution >= 4 is 46.4 Å². The lowest BCUT2D eigenvalue weighted by atomic mass is 10.3. The molecule has 2 heterocycles. The summed E-state index contributed by atoms with van der Waals surface area (Å²) in [5.41, 5.74) is 0.